The monoisotopic (exact) mass is 379 g/mol. The molecule has 1 aromatic carbocycles. The maximum absolute atomic E-state index is 13.6. The maximum atomic E-state index is 13.6. The van der Waals surface area contributed by atoms with E-state index in [1.165, 1.54) is 16.8 Å². The smallest absolute Gasteiger partial charge is 0.242 e. The SMILES string of the molecule is CC(C)N1CCC(NC(=O)Cn2cc(-c3ccc(Cl)c(F)c3)nn2)CC1. The molecule has 0 bridgehead atoms. The van der Waals surface area contributed by atoms with Gasteiger partial charge in [0.15, 0.2) is 0 Å². The van der Waals surface area contributed by atoms with Gasteiger partial charge in [-0.25, -0.2) is 9.07 Å². The molecular weight excluding hydrogens is 357 g/mol. The summed E-state index contributed by atoms with van der Waals surface area (Å²) in [5.41, 5.74) is 1.07. The zero-order chi connectivity index (χ0) is 18.7. The van der Waals surface area contributed by atoms with Gasteiger partial charge in [0.1, 0.15) is 18.1 Å². The number of carbonyl (C=O) groups excluding carboxylic acids is 1. The number of likely N-dealkylation sites (tertiary alicyclic amines) is 1. The Kier molecular flexibility index (Phi) is 5.88. The molecule has 8 heteroatoms. The van der Waals surface area contributed by atoms with Crippen LogP contribution >= 0.6 is 11.6 Å². The maximum Gasteiger partial charge on any atom is 0.242 e. The molecule has 1 saturated heterocycles. The minimum atomic E-state index is -0.510. The fourth-order valence-corrected chi connectivity index (χ4v) is 3.26. The Hall–Kier alpha value is -1.99. The Morgan fingerprint density at radius 1 is 1.38 bits per heavy atom. The van der Waals surface area contributed by atoms with E-state index in [0.717, 1.165) is 25.9 Å². The molecule has 1 aromatic heterocycles. The van der Waals surface area contributed by atoms with Crippen molar-refractivity contribution in [2.45, 2.75) is 45.3 Å². The van der Waals surface area contributed by atoms with Crippen LogP contribution in [0.3, 0.4) is 0 Å². The molecule has 0 unspecified atom stereocenters. The summed E-state index contributed by atoms with van der Waals surface area (Å²) in [4.78, 5) is 14.7. The zero-order valence-corrected chi connectivity index (χ0v) is 15.7. The van der Waals surface area contributed by atoms with Crippen LogP contribution in [0.4, 0.5) is 4.39 Å². The summed E-state index contributed by atoms with van der Waals surface area (Å²) in [5.74, 6) is -0.601. The summed E-state index contributed by atoms with van der Waals surface area (Å²) < 4.78 is 15.0. The fourth-order valence-electron chi connectivity index (χ4n) is 3.14. The van der Waals surface area contributed by atoms with Gasteiger partial charge in [-0.1, -0.05) is 22.9 Å². The first-order chi connectivity index (χ1) is 12.4. The average Bonchev–Trinajstić information content (AvgIpc) is 3.06. The van der Waals surface area contributed by atoms with Crippen LogP contribution in [-0.4, -0.2) is 51.0 Å². The van der Waals surface area contributed by atoms with Gasteiger partial charge in [-0.2, -0.15) is 0 Å². The Morgan fingerprint density at radius 3 is 2.77 bits per heavy atom. The molecule has 1 aliphatic heterocycles. The number of benzene rings is 1. The fraction of sp³-hybridized carbons (Fsp3) is 0.500. The standard InChI is InChI=1S/C18H23ClFN5O/c1-12(2)24-7-5-14(6-8-24)21-18(26)11-25-10-17(22-23-25)13-3-4-15(19)16(20)9-13/h3-4,9-10,12,14H,5-8,11H2,1-2H3,(H,21,26). The lowest BCUT2D eigenvalue weighted by Gasteiger charge is -2.34. The molecule has 140 valence electrons. The predicted molar refractivity (Wildman–Crippen MR) is 98.3 cm³/mol. The highest BCUT2D eigenvalue weighted by atomic mass is 35.5. The highest BCUT2D eigenvalue weighted by Crippen LogP contribution is 2.22. The van der Waals surface area contributed by atoms with Crippen molar-refractivity contribution >= 4 is 17.5 Å². The first-order valence-corrected chi connectivity index (χ1v) is 9.19. The van der Waals surface area contributed by atoms with E-state index < -0.39 is 5.82 Å². The second kappa shape index (κ2) is 8.14. The first-order valence-electron chi connectivity index (χ1n) is 8.81. The molecule has 1 amide bonds. The van der Waals surface area contributed by atoms with Gasteiger partial charge >= 0.3 is 0 Å². The van der Waals surface area contributed by atoms with E-state index in [1.807, 2.05) is 0 Å². The van der Waals surface area contributed by atoms with Crippen LogP contribution in [0.2, 0.25) is 5.02 Å². The predicted octanol–water partition coefficient (Wildman–Crippen LogP) is 2.73. The number of halogens is 2. The first kappa shape index (κ1) is 18.8. The number of rotatable bonds is 5. The molecule has 2 aromatic rings. The largest absolute Gasteiger partial charge is 0.352 e. The number of nitrogens with one attached hydrogen (secondary N) is 1. The van der Waals surface area contributed by atoms with Crippen molar-refractivity contribution in [2.24, 2.45) is 0 Å². The summed E-state index contributed by atoms with van der Waals surface area (Å²) in [6, 6.07) is 5.19. The highest BCUT2D eigenvalue weighted by Gasteiger charge is 2.22. The third kappa shape index (κ3) is 4.59. The van der Waals surface area contributed by atoms with Crippen LogP contribution in [0, 0.1) is 5.82 Å². The molecule has 0 spiro atoms. The highest BCUT2D eigenvalue weighted by molar-refractivity contribution is 6.30. The number of piperidine rings is 1. The summed E-state index contributed by atoms with van der Waals surface area (Å²) >= 11 is 5.69. The van der Waals surface area contributed by atoms with Crippen LogP contribution in [0.25, 0.3) is 11.3 Å². The molecule has 6 nitrogen and oxygen atoms in total. The van der Waals surface area contributed by atoms with Gasteiger partial charge in [0, 0.05) is 30.7 Å². The third-order valence-electron chi connectivity index (χ3n) is 4.68. The van der Waals surface area contributed by atoms with Gasteiger partial charge in [0.25, 0.3) is 0 Å². The van der Waals surface area contributed by atoms with Crippen LogP contribution in [0.15, 0.2) is 24.4 Å². The molecule has 1 aliphatic rings. The lowest BCUT2D eigenvalue weighted by Crippen LogP contribution is -2.47. The molecular formula is C18H23ClFN5O. The van der Waals surface area contributed by atoms with Gasteiger partial charge in [-0.05, 0) is 38.8 Å². The van der Waals surface area contributed by atoms with Crippen molar-refractivity contribution in [1.29, 1.82) is 0 Å². The lowest BCUT2D eigenvalue weighted by atomic mass is 10.0. The molecule has 0 radical (unpaired) electrons. The molecule has 2 heterocycles. The quantitative estimate of drug-likeness (QED) is 0.867. The van der Waals surface area contributed by atoms with E-state index in [0.29, 0.717) is 17.3 Å². The second-order valence-corrected chi connectivity index (χ2v) is 7.31. The minimum absolute atomic E-state index is 0.0593. The minimum Gasteiger partial charge on any atom is -0.352 e. The van der Waals surface area contributed by atoms with Crippen molar-refractivity contribution in [1.82, 2.24) is 25.2 Å². The number of hydrogen-bond donors (Lipinski definition) is 1. The van der Waals surface area contributed by atoms with Crippen LogP contribution in [0.5, 0.6) is 0 Å². The summed E-state index contributed by atoms with van der Waals surface area (Å²) in [5, 5.41) is 11.1. The van der Waals surface area contributed by atoms with E-state index >= 15 is 0 Å². The van der Waals surface area contributed by atoms with Crippen LogP contribution < -0.4 is 5.32 Å². The van der Waals surface area contributed by atoms with Gasteiger partial charge in [-0.15, -0.1) is 5.10 Å². The van der Waals surface area contributed by atoms with Crippen molar-refractivity contribution in [3.05, 3.63) is 35.2 Å². The average molecular weight is 380 g/mol. The number of carbonyl (C=O) groups is 1. The molecule has 0 saturated carbocycles. The topological polar surface area (TPSA) is 63.1 Å². The van der Waals surface area contributed by atoms with Gasteiger partial charge in [-0.3, -0.25) is 4.79 Å². The number of amides is 1. The Labute approximate surface area is 157 Å². The van der Waals surface area contributed by atoms with Crippen molar-refractivity contribution in [3.63, 3.8) is 0 Å². The Balaban J connectivity index is 1.54. The lowest BCUT2D eigenvalue weighted by molar-refractivity contribution is -0.122. The summed E-state index contributed by atoms with van der Waals surface area (Å²) in [6.07, 6.45) is 3.54. The molecule has 3 rings (SSSR count). The van der Waals surface area contributed by atoms with Crippen LogP contribution in [0.1, 0.15) is 26.7 Å². The van der Waals surface area contributed by atoms with E-state index in [2.05, 4.69) is 34.4 Å². The molecule has 1 fully saturated rings. The van der Waals surface area contributed by atoms with Gasteiger partial charge in [0.2, 0.25) is 5.91 Å². The Bertz CT molecular complexity index is 771. The Morgan fingerprint density at radius 2 is 2.12 bits per heavy atom. The summed E-state index contributed by atoms with van der Waals surface area (Å²) in [7, 11) is 0. The molecule has 0 atom stereocenters. The summed E-state index contributed by atoms with van der Waals surface area (Å²) in [6.45, 7) is 6.46. The number of hydrogen-bond acceptors (Lipinski definition) is 4. The van der Waals surface area contributed by atoms with E-state index in [9.17, 15) is 9.18 Å². The number of aromatic nitrogens is 3. The molecule has 1 N–H and O–H groups in total. The van der Waals surface area contributed by atoms with Crippen molar-refractivity contribution in [2.75, 3.05) is 13.1 Å². The molecule has 0 aliphatic carbocycles. The van der Waals surface area contributed by atoms with Crippen molar-refractivity contribution in [3.8, 4) is 11.3 Å². The van der Waals surface area contributed by atoms with Crippen LogP contribution in [-0.2, 0) is 11.3 Å². The van der Waals surface area contributed by atoms with Crippen molar-refractivity contribution < 1.29 is 9.18 Å². The van der Waals surface area contributed by atoms with Gasteiger partial charge in [0.05, 0.1) is 11.2 Å². The van der Waals surface area contributed by atoms with E-state index in [-0.39, 0.29) is 23.5 Å². The van der Waals surface area contributed by atoms with Gasteiger partial charge < -0.3 is 10.2 Å². The third-order valence-corrected chi connectivity index (χ3v) is 4.99. The molecule has 26 heavy (non-hydrogen) atoms. The second-order valence-electron chi connectivity index (χ2n) is 6.90. The van der Waals surface area contributed by atoms with E-state index in [4.69, 9.17) is 11.6 Å². The van der Waals surface area contributed by atoms with E-state index in [1.54, 1.807) is 12.3 Å². The zero-order valence-electron chi connectivity index (χ0n) is 15.0. The number of nitrogens with zero attached hydrogens (tertiary/aromatic N) is 4. The normalized spacial score (nSPS) is 16.2.